The normalized spacial score (nSPS) is 10.1. The maximum absolute atomic E-state index is 11.9. The minimum atomic E-state index is -1.12. The fraction of sp³-hybridized carbons (Fsp3) is 0.125. The van der Waals surface area contributed by atoms with Gasteiger partial charge in [-0.2, -0.15) is 0 Å². The molecule has 5 nitrogen and oxygen atoms in total. The number of halogens is 1. The maximum Gasteiger partial charge on any atom is 0.339 e. The quantitative estimate of drug-likeness (QED) is 0.852. The standard InChI is InChI=1S/C16H14BrNO4/c1-10-3-2-4-12(7-10)18-15(19)9-22-14-6-5-11(17)8-13(14)16(20)21/h2-8H,9H2,1H3,(H,18,19)(H,20,21). The summed E-state index contributed by atoms with van der Waals surface area (Å²) in [4.78, 5) is 23.0. The first-order valence-corrected chi connectivity index (χ1v) is 7.27. The zero-order valence-electron chi connectivity index (χ0n) is 11.8. The first-order valence-electron chi connectivity index (χ1n) is 6.48. The Morgan fingerprint density at radius 1 is 1.23 bits per heavy atom. The van der Waals surface area contributed by atoms with Gasteiger partial charge in [0.25, 0.3) is 5.91 Å². The molecule has 0 aliphatic carbocycles. The van der Waals surface area contributed by atoms with Crippen LogP contribution < -0.4 is 10.1 Å². The fourth-order valence-corrected chi connectivity index (χ4v) is 2.22. The number of rotatable bonds is 5. The lowest BCUT2D eigenvalue weighted by Gasteiger charge is -2.10. The molecule has 0 aliphatic rings. The van der Waals surface area contributed by atoms with E-state index in [2.05, 4.69) is 21.2 Å². The number of hydrogen-bond donors (Lipinski definition) is 2. The Morgan fingerprint density at radius 2 is 2.00 bits per heavy atom. The van der Waals surface area contributed by atoms with E-state index in [1.807, 2.05) is 25.1 Å². The third-order valence-electron chi connectivity index (χ3n) is 2.83. The van der Waals surface area contributed by atoms with E-state index in [0.717, 1.165) is 5.56 Å². The maximum atomic E-state index is 11.9. The summed E-state index contributed by atoms with van der Waals surface area (Å²) in [7, 11) is 0. The van der Waals surface area contributed by atoms with Crippen molar-refractivity contribution in [1.82, 2.24) is 0 Å². The Labute approximate surface area is 136 Å². The summed E-state index contributed by atoms with van der Waals surface area (Å²) in [5.41, 5.74) is 1.69. The molecule has 0 saturated heterocycles. The van der Waals surface area contributed by atoms with Gasteiger partial charge >= 0.3 is 5.97 Å². The number of ether oxygens (including phenoxy) is 1. The smallest absolute Gasteiger partial charge is 0.339 e. The van der Waals surface area contributed by atoms with Crippen molar-refractivity contribution in [3.05, 3.63) is 58.1 Å². The molecule has 0 aromatic heterocycles. The van der Waals surface area contributed by atoms with E-state index in [-0.39, 0.29) is 23.8 Å². The average Bonchev–Trinajstić information content (AvgIpc) is 2.45. The van der Waals surface area contributed by atoms with Crippen LogP contribution in [-0.4, -0.2) is 23.6 Å². The van der Waals surface area contributed by atoms with Gasteiger partial charge in [-0.3, -0.25) is 4.79 Å². The zero-order valence-corrected chi connectivity index (χ0v) is 13.4. The first kappa shape index (κ1) is 16.0. The van der Waals surface area contributed by atoms with Crippen LogP contribution in [0.3, 0.4) is 0 Å². The van der Waals surface area contributed by atoms with Crippen LogP contribution in [0.4, 0.5) is 5.69 Å². The second-order valence-electron chi connectivity index (χ2n) is 4.65. The third-order valence-corrected chi connectivity index (χ3v) is 3.33. The lowest BCUT2D eigenvalue weighted by Crippen LogP contribution is -2.20. The Kier molecular flexibility index (Phi) is 5.16. The Morgan fingerprint density at radius 3 is 2.68 bits per heavy atom. The monoisotopic (exact) mass is 363 g/mol. The summed E-state index contributed by atoms with van der Waals surface area (Å²) in [6, 6.07) is 12.0. The molecule has 0 aliphatic heterocycles. The minimum Gasteiger partial charge on any atom is -0.483 e. The lowest BCUT2D eigenvalue weighted by molar-refractivity contribution is -0.118. The molecular weight excluding hydrogens is 350 g/mol. The van der Waals surface area contributed by atoms with Crippen molar-refractivity contribution in [3.8, 4) is 5.75 Å². The lowest BCUT2D eigenvalue weighted by atomic mass is 10.2. The molecule has 0 saturated carbocycles. The number of carboxylic acid groups (broad SMARTS) is 1. The van der Waals surface area contributed by atoms with Gasteiger partial charge in [0, 0.05) is 10.2 Å². The van der Waals surface area contributed by atoms with Gasteiger partial charge in [0.15, 0.2) is 6.61 Å². The van der Waals surface area contributed by atoms with Gasteiger partial charge in [-0.05, 0) is 42.8 Å². The van der Waals surface area contributed by atoms with Gasteiger partial charge in [0.1, 0.15) is 11.3 Å². The van der Waals surface area contributed by atoms with Crippen molar-refractivity contribution in [2.24, 2.45) is 0 Å². The van der Waals surface area contributed by atoms with Gasteiger partial charge in [-0.15, -0.1) is 0 Å². The minimum absolute atomic E-state index is 0.00210. The first-order chi connectivity index (χ1) is 10.5. The molecule has 2 aromatic carbocycles. The topological polar surface area (TPSA) is 75.6 Å². The molecular formula is C16H14BrNO4. The molecule has 0 heterocycles. The highest BCUT2D eigenvalue weighted by Crippen LogP contribution is 2.23. The summed E-state index contributed by atoms with van der Waals surface area (Å²) < 4.78 is 5.93. The second-order valence-corrected chi connectivity index (χ2v) is 5.57. The van der Waals surface area contributed by atoms with Gasteiger partial charge in [-0.25, -0.2) is 4.79 Å². The predicted molar refractivity (Wildman–Crippen MR) is 86.4 cm³/mol. The molecule has 0 spiro atoms. The summed E-state index contributed by atoms with van der Waals surface area (Å²) in [6.07, 6.45) is 0. The van der Waals surface area contributed by atoms with Crippen LogP contribution in [0.1, 0.15) is 15.9 Å². The Hall–Kier alpha value is -2.34. The number of nitrogens with one attached hydrogen (secondary N) is 1. The van der Waals surface area contributed by atoms with E-state index in [0.29, 0.717) is 10.2 Å². The van der Waals surface area contributed by atoms with E-state index in [1.54, 1.807) is 12.1 Å². The van der Waals surface area contributed by atoms with Crippen LogP contribution in [0.5, 0.6) is 5.75 Å². The largest absolute Gasteiger partial charge is 0.483 e. The number of hydrogen-bond acceptors (Lipinski definition) is 3. The number of carbonyl (C=O) groups excluding carboxylic acids is 1. The number of aryl methyl sites for hydroxylation is 1. The number of amides is 1. The number of benzene rings is 2. The number of aromatic carboxylic acids is 1. The van der Waals surface area contributed by atoms with Gasteiger partial charge in [0.2, 0.25) is 0 Å². The molecule has 114 valence electrons. The van der Waals surface area contributed by atoms with Crippen LogP contribution in [0, 0.1) is 6.92 Å². The molecule has 2 aromatic rings. The Bertz CT molecular complexity index is 715. The summed E-state index contributed by atoms with van der Waals surface area (Å²) in [5.74, 6) is -1.32. The highest BCUT2D eigenvalue weighted by atomic mass is 79.9. The SMILES string of the molecule is Cc1cccc(NC(=O)COc2ccc(Br)cc2C(=O)O)c1. The molecule has 0 bridgehead atoms. The number of carbonyl (C=O) groups is 2. The molecule has 0 unspecified atom stereocenters. The van der Waals surface area contributed by atoms with E-state index in [4.69, 9.17) is 9.84 Å². The summed E-state index contributed by atoms with van der Waals surface area (Å²) in [6.45, 7) is 1.66. The van der Waals surface area contributed by atoms with Crippen molar-refractivity contribution >= 4 is 33.5 Å². The van der Waals surface area contributed by atoms with Crippen LogP contribution >= 0.6 is 15.9 Å². The van der Waals surface area contributed by atoms with Crippen LogP contribution in [0.25, 0.3) is 0 Å². The van der Waals surface area contributed by atoms with E-state index in [9.17, 15) is 9.59 Å². The molecule has 0 fully saturated rings. The number of anilines is 1. The third kappa shape index (κ3) is 4.33. The highest BCUT2D eigenvalue weighted by molar-refractivity contribution is 9.10. The molecule has 0 atom stereocenters. The van der Waals surface area contributed by atoms with Crippen molar-refractivity contribution in [3.63, 3.8) is 0 Å². The highest BCUT2D eigenvalue weighted by Gasteiger charge is 2.13. The van der Waals surface area contributed by atoms with Gasteiger partial charge < -0.3 is 15.2 Å². The summed E-state index contributed by atoms with van der Waals surface area (Å²) >= 11 is 3.20. The number of carboxylic acids is 1. The molecule has 2 N–H and O–H groups in total. The van der Waals surface area contributed by atoms with Crippen molar-refractivity contribution < 1.29 is 19.4 Å². The molecule has 22 heavy (non-hydrogen) atoms. The van der Waals surface area contributed by atoms with E-state index in [1.165, 1.54) is 12.1 Å². The molecule has 0 radical (unpaired) electrons. The molecule has 2 rings (SSSR count). The van der Waals surface area contributed by atoms with Crippen LogP contribution in [-0.2, 0) is 4.79 Å². The van der Waals surface area contributed by atoms with Crippen LogP contribution in [0.15, 0.2) is 46.9 Å². The van der Waals surface area contributed by atoms with Crippen molar-refractivity contribution in [2.75, 3.05) is 11.9 Å². The summed E-state index contributed by atoms with van der Waals surface area (Å²) in [5, 5.41) is 11.8. The van der Waals surface area contributed by atoms with E-state index < -0.39 is 5.97 Å². The van der Waals surface area contributed by atoms with Gasteiger partial charge in [0.05, 0.1) is 0 Å². The molecule has 1 amide bonds. The van der Waals surface area contributed by atoms with Crippen molar-refractivity contribution in [2.45, 2.75) is 6.92 Å². The van der Waals surface area contributed by atoms with E-state index >= 15 is 0 Å². The van der Waals surface area contributed by atoms with Gasteiger partial charge in [-0.1, -0.05) is 28.1 Å². The fourth-order valence-electron chi connectivity index (χ4n) is 1.86. The zero-order chi connectivity index (χ0) is 16.1. The Balaban J connectivity index is 2.01. The second kappa shape index (κ2) is 7.09. The predicted octanol–water partition coefficient (Wildman–Crippen LogP) is 3.47. The average molecular weight is 364 g/mol. The molecule has 6 heteroatoms. The van der Waals surface area contributed by atoms with Crippen LogP contribution in [0.2, 0.25) is 0 Å². The van der Waals surface area contributed by atoms with Crippen molar-refractivity contribution in [1.29, 1.82) is 0 Å².